The largest absolute Gasteiger partial charge is 0.393 e. The zero-order valence-electron chi connectivity index (χ0n) is 8.47. The Kier molecular flexibility index (Phi) is 4.67. The van der Waals surface area contributed by atoms with E-state index in [-0.39, 0.29) is 11.7 Å². The van der Waals surface area contributed by atoms with Crippen molar-refractivity contribution in [2.45, 2.75) is 19.8 Å². The fourth-order valence-electron chi connectivity index (χ4n) is 1.49. The minimum Gasteiger partial charge on any atom is -0.393 e. The molecule has 0 spiro atoms. The molecule has 82 valence electrons. The van der Waals surface area contributed by atoms with Crippen LogP contribution in [0.15, 0.2) is 22.7 Å². The summed E-state index contributed by atoms with van der Waals surface area (Å²) in [4.78, 5) is 0.484. The van der Waals surface area contributed by atoms with Gasteiger partial charge in [-0.15, -0.1) is 0 Å². The van der Waals surface area contributed by atoms with E-state index < -0.39 is 0 Å². The highest BCUT2D eigenvalue weighted by Crippen LogP contribution is 2.19. The first-order valence-electron chi connectivity index (χ1n) is 4.71. The molecule has 0 saturated carbocycles. The van der Waals surface area contributed by atoms with Crippen LogP contribution in [-0.2, 0) is 6.42 Å². The van der Waals surface area contributed by atoms with Gasteiger partial charge >= 0.3 is 0 Å². The molecule has 0 saturated heterocycles. The Morgan fingerprint density at radius 1 is 1.60 bits per heavy atom. The van der Waals surface area contributed by atoms with Crippen LogP contribution >= 0.6 is 28.1 Å². The molecule has 0 aliphatic heterocycles. The molecule has 15 heavy (non-hydrogen) atoms. The monoisotopic (exact) mass is 289 g/mol. The number of hydrogen-bond acceptors (Lipinski definition) is 1. The van der Waals surface area contributed by atoms with Crippen LogP contribution in [0.5, 0.6) is 0 Å². The Morgan fingerprint density at radius 3 is 2.87 bits per heavy atom. The normalized spacial score (nSPS) is 12.5. The molecule has 4 heteroatoms. The zero-order valence-corrected chi connectivity index (χ0v) is 10.9. The molecule has 0 amide bonds. The molecule has 1 aromatic rings. The van der Waals surface area contributed by atoms with Crippen LogP contribution in [0.3, 0.4) is 0 Å². The number of halogens is 2. The number of benzene rings is 1. The summed E-state index contributed by atoms with van der Waals surface area (Å²) in [6.07, 6.45) is 1.31. The van der Waals surface area contributed by atoms with Crippen molar-refractivity contribution in [3.63, 3.8) is 0 Å². The number of hydrogen-bond donors (Lipinski definition) is 1. The van der Waals surface area contributed by atoms with E-state index in [0.29, 0.717) is 23.4 Å². The van der Waals surface area contributed by atoms with Gasteiger partial charge < -0.3 is 5.73 Å². The summed E-state index contributed by atoms with van der Waals surface area (Å²) in [5.41, 5.74) is 6.15. The predicted octanol–water partition coefficient (Wildman–Crippen LogP) is 3.44. The van der Waals surface area contributed by atoms with Crippen LogP contribution < -0.4 is 5.73 Å². The molecule has 2 N–H and O–H groups in total. The summed E-state index contributed by atoms with van der Waals surface area (Å²) in [6, 6.07) is 4.95. The first kappa shape index (κ1) is 12.6. The van der Waals surface area contributed by atoms with Gasteiger partial charge in [-0.25, -0.2) is 4.39 Å². The molecular formula is C11H13BrFNS. The molecule has 0 aliphatic rings. The number of nitrogens with two attached hydrogens (primary N) is 1. The van der Waals surface area contributed by atoms with E-state index in [1.165, 1.54) is 6.07 Å². The molecule has 0 fully saturated rings. The lowest BCUT2D eigenvalue weighted by Gasteiger charge is -2.11. The lowest BCUT2D eigenvalue weighted by atomic mass is 9.98. The summed E-state index contributed by atoms with van der Waals surface area (Å²) in [7, 11) is 0. The van der Waals surface area contributed by atoms with Gasteiger partial charge in [0.15, 0.2) is 0 Å². The van der Waals surface area contributed by atoms with Gasteiger partial charge in [-0.05, 0) is 36.1 Å². The van der Waals surface area contributed by atoms with Crippen molar-refractivity contribution in [1.29, 1.82) is 0 Å². The van der Waals surface area contributed by atoms with E-state index >= 15 is 0 Å². The zero-order chi connectivity index (χ0) is 11.4. The maximum atomic E-state index is 13.4. The molecule has 1 atom stereocenters. The van der Waals surface area contributed by atoms with Crippen LogP contribution in [0.1, 0.15) is 18.9 Å². The first-order valence-corrected chi connectivity index (χ1v) is 5.91. The van der Waals surface area contributed by atoms with Crippen LogP contribution in [0.25, 0.3) is 0 Å². The van der Waals surface area contributed by atoms with Gasteiger partial charge in [-0.2, -0.15) is 0 Å². The smallest absolute Gasteiger partial charge is 0.126 e. The predicted molar refractivity (Wildman–Crippen MR) is 68.4 cm³/mol. The third-order valence-corrected chi connectivity index (χ3v) is 2.79. The van der Waals surface area contributed by atoms with Gasteiger partial charge in [0, 0.05) is 10.9 Å². The van der Waals surface area contributed by atoms with E-state index in [1.807, 2.05) is 6.92 Å². The summed E-state index contributed by atoms with van der Waals surface area (Å²) in [5.74, 6) is 0.0966. The van der Waals surface area contributed by atoms with Crippen molar-refractivity contribution in [2.75, 3.05) is 0 Å². The summed E-state index contributed by atoms with van der Waals surface area (Å²) in [6.45, 7) is 2.01. The van der Waals surface area contributed by atoms with Crippen LogP contribution in [-0.4, -0.2) is 4.99 Å². The lowest BCUT2D eigenvalue weighted by Crippen LogP contribution is -2.14. The van der Waals surface area contributed by atoms with Crippen LogP contribution in [0.2, 0.25) is 0 Å². The van der Waals surface area contributed by atoms with Crippen LogP contribution in [0.4, 0.5) is 4.39 Å². The molecule has 1 aromatic carbocycles. The molecule has 0 aromatic heterocycles. The Morgan fingerprint density at radius 2 is 2.27 bits per heavy atom. The average Bonchev–Trinajstić information content (AvgIpc) is 2.10. The highest BCUT2D eigenvalue weighted by Gasteiger charge is 2.09. The van der Waals surface area contributed by atoms with Gasteiger partial charge in [0.25, 0.3) is 0 Å². The molecular weight excluding hydrogens is 277 g/mol. The van der Waals surface area contributed by atoms with E-state index in [0.717, 1.165) is 4.47 Å². The maximum Gasteiger partial charge on any atom is 0.126 e. The summed E-state index contributed by atoms with van der Waals surface area (Å²) >= 11 is 8.14. The van der Waals surface area contributed by atoms with Crippen molar-refractivity contribution in [1.82, 2.24) is 0 Å². The van der Waals surface area contributed by atoms with Gasteiger partial charge in [0.2, 0.25) is 0 Å². The maximum absolute atomic E-state index is 13.4. The molecule has 0 aliphatic carbocycles. The Balaban J connectivity index is 2.71. The van der Waals surface area contributed by atoms with Crippen molar-refractivity contribution >= 4 is 33.1 Å². The third kappa shape index (κ3) is 4.26. The molecule has 0 heterocycles. The number of thiocarbonyl (C=S) groups is 1. The second-order valence-electron chi connectivity index (χ2n) is 3.72. The number of rotatable bonds is 4. The van der Waals surface area contributed by atoms with Gasteiger partial charge in [0.1, 0.15) is 5.82 Å². The van der Waals surface area contributed by atoms with Crippen molar-refractivity contribution in [3.05, 3.63) is 34.1 Å². The van der Waals surface area contributed by atoms with Crippen molar-refractivity contribution in [2.24, 2.45) is 11.7 Å². The highest BCUT2D eigenvalue weighted by atomic mass is 79.9. The molecule has 1 nitrogen and oxygen atoms in total. The Hall–Kier alpha value is -0.480. The first-order chi connectivity index (χ1) is 6.99. The second-order valence-corrected chi connectivity index (χ2v) is 5.16. The van der Waals surface area contributed by atoms with Gasteiger partial charge in [-0.3, -0.25) is 0 Å². The highest BCUT2D eigenvalue weighted by molar-refractivity contribution is 9.10. The van der Waals surface area contributed by atoms with Crippen molar-refractivity contribution < 1.29 is 4.39 Å². The Bertz CT molecular complexity index is 368. The van der Waals surface area contributed by atoms with E-state index in [9.17, 15) is 4.39 Å². The summed E-state index contributed by atoms with van der Waals surface area (Å²) in [5, 5.41) is 0. The third-order valence-electron chi connectivity index (χ3n) is 2.13. The summed E-state index contributed by atoms with van der Waals surface area (Å²) < 4.78 is 14.3. The topological polar surface area (TPSA) is 26.0 Å². The SMILES string of the molecule is CC(CC(N)=S)Cc1cc(Br)ccc1F. The lowest BCUT2D eigenvalue weighted by molar-refractivity contribution is 0.558. The molecule has 0 bridgehead atoms. The van der Waals surface area contributed by atoms with Crippen LogP contribution in [0, 0.1) is 11.7 Å². The van der Waals surface area contributed by atoms with Gasteiger partial charge in [0.05, 0.1) is 4.99 Å². The fourth-order valence-corrected chi connectivity index (χ4v) is 2.18. The molecule has 0 radical (unpaired) electrons. The molecule has 1 rings (SSSR count). The Labute approximate surface area is 103 Å². The van der Waals surface area contributed by atoms with Crippen molar-refractivity contribution in [3.8, 4) is 0 Å². The van der Waals surface area contributed by atoms with E-state index in [1.54, 1.807) is 12.1 Å². The fraction of sp³-hybridized carbons (Fsp3) is 0.364. The molecule has 1 unspecified atom stereocenters. The average molecular weight is 290 g/mol. The van der Waals surface area contributed by atoms with E-state index in [4.69, 9.17) is 18.0 Å². The quantitative estimate of drug-likeness (QED) is 0.860. The minimum absolute atomic E-state index is 0.173. The second kappa shape index (κ2) is 5.56. The standard InChI is InChI=1S/C11H13BrFNS/c1-7(5-11(14)15)4-8-6-9(12)2-3-10(8)13/h2-3,6-7H,4-5H2,1H3,(H2,14,15). The van der Waals surface area contributed by atoms with E-state index in [2.05, 4.69) is 15.9 Å². The van der Waals surface area contributed by atoms with Gasteiger partial charge in [-0.1, -0.05) is 35.1 Å². The minimum atomic E-state index is -0.173.